The second-order valence-electron chi connectivity index (χ2n) is 5.78. The van der Waals surface area contributed by atoms with Gasteiger partial charge in [-0.2, -0.15) is 4.31 Å². The number of rotatable bonds is 6. The highest BCUT2D eigenvalue weighted by Crippen LogP contribution is 2.25. The summed E-state index contributed by atoms with van der Waals surface area (Å²) in [5, 5.41) is 4.10. The van der Waals surface area contributed by atoms with E-state index in [2.05, 4.69) is 5.32 Å². The van der Waals surface area contributed by atoms with E-state index in [9.17, 15) is 8.42 Å². The topological polar surface area (TPSA) is 58.6 Å². The van der Waals surface area contributed by atoms with Gasteiger partial charge < -0.3 is 10.1 Å². The van der Waals surface area contributed by atoms with Crippen LogP contribution in [0.3, 0.4) is 0 Å². The summed E-state index contributed by atoms with van der Waals surface area (Å²) in [6.45, 7) is 5.42. The van der Waals surface area contributed by atoms with Crippen molar-refractivity contribution in [2.45, 2.75) is 32.6 Å². The highest BCUT2D eigenvalue weighted by Gasteiger charge is 2.30. The number of sulfonamides is 1. The quantitative estimate of drug-likeness (QED) is 0.770. The molecule has 2 rings (SSSR count). The van der Waals surface area contributed by atoms with E-state index in [0.717, 1.165) is 5.56 Å². The summed E-state index contributed by atoms with van der Waals surface area (Å²) in [5.41, 5.74) is 0.852. The van der Waals surface area contributed by atoms with E-state index < -0.39 is 10.0 Å². The molecule has 1 aromatic carbocycles. The molecule has 1 fully saturated rings. The molecule has 1 aliphatic rings. The molecule has 0 amide bonds. The lowest BCUT2D eigenvalue weighted by Crippen LogP contribution is -2.49. The molecule has 1 heterocycles. The number of nitrogens with one attached hydrogen (secondary N) is 1. The van der Waals surface area contributed by atoms with Gasteiger partial charge in [-0.1, -0.05) is 35.3 Å². The summed E-state index contributed by atoms with van der Waals surface area (Å²) < 4.78 is 31.9. The van der Waals surface area contributed by atoms with Gasteiger partial charge in [0.05, 0.1) is 28.0 Å². The zero-order valence-corrected chi connectivity index (χ0v) is 15.6. The molecule has 1 saturated heterocycles. The summed E-state index contributed by atoms with van der Waals surface area (Å²) in [4.78, 5) is 0. The molecule has 0 saturated carbocycles. The molecule has 1 aromatic rings. The first-order valence-corrected chi connectivity index (χ1v) is 9.93. The van der Waals surface area contributed by atoms with Crippen molar-refractivity contribution in [2.24, 2.45) is 0 Å². The number of nitrogens with zero attached hydrogens (tertiary/aromatic N) is 1. The SMILES string of the molecule is C[C@@H]1CN(S(=O)(=O)CCNCc2cccc(Cl)c2Cl)C[C@H](C)O1. The Balaban J connectivity index is 1.84. The highest BCUT2D eigenvalue weighted by atomic mass is 35.5. The fourth-order valence-corrected chi connectivity index (χ4v) is 4.52. The third-order valence-electron chi connectivity index (χ3n) is 3.66. The zero-order chi connectivity index (χ0) is 17.0. The number of halogens is 2. The largest absolute Gasteiger partial charge is 0.373 e. The van der Waals surface area contributed by atoms with Crippen molar-refractivity contribution in [3.05, 3.63) is 33.8 Å². The van der Waals surface area contributed by atoms with E-state index >= 15 is 0 Å². The number of ether oxygens (including phenoxy) is 1. The second kappa shape index (κ2) is 8.14. The lowest BCUT2D eigenvalue weighted by molar-refractivity contribution is -0.0440. The van der Waals surface area contributed by atoms with Crippen LogP contribution in [-0.2, 0) is 21.3 Å². The molecular weight excluding hydrogens is 359 g/mol. The first kappa shape index (κ1) is 19.0. The first-order valence-electron chi connectivity index (χ1n) is 7.56. The Morgan fingerprint density at radius 1 is 1.26 bits per heavy atom. The minimum Gasteiger partial charge on any atom is -0.373 e. The van der Waals surface area contributed by atoms with Crippen LogP contribution < -0.4 is 5.32 Å². The molecule has 8 heteroatoms. The first-order chi connectivity index (χ1) is 10.8. The van der Waals surface area contributed by atoms with Crippen LogP contribution in [0.4, 0.5) is 0 Å². The fourth-order valence-electron chi connectivity index (χ4n) is 2.60. The maximum Gasteiger partial charge on any atom is 0.215 e. The summed E-state index contributed by atoms with van der Waals surface area (Å²) >= 11 is 12.1. The van der Waals surface area contributed by atoms with Crippen molar-refractivity contribution in [1.82, 2.24) is 9.62 Å². The van der Waals surface area contributed by atoms with Gasteiger partial charge in [0.25, 0.3) is 0 Å². The Morgan fingerprint density at radius 2 is 1.91 bits per heavy atom. The molecule has 0 aliphatic carbocycles. The van der Waals surface area contributed by atoms with E-state index in [1.54, 1.807) is 6.07 Å². The Labute approximate surface area is 148 Å². The molecule has 130 valence electrons. The summed E-state index contributed by atoms with van der Waals surface area (Å²) in [7, 11) is -3.29. The van der Waals surface area contributed by atoms with E-state index in [4.69, 9.17) is 27.9 Å². The van der Waals surface area contributed by atoms with Crippen LogP contribution >= 0.6 is 23.2 Å². The molecule has 1 N–H and O–H groups in total. The predicted octanol–water partition coefficient (Wildman–Crippen LogP) is 2.52. The highest BCUT2D eigenvalue weighted by molar-refractivity contribution is 7.89. The fraction of sp³-hybridized carbons (Fsp3) is 0.600. The molecular formula is C15H22Cl2N2O3S. The lowest BCUT2D eigenvalue weighted by atomic mass is 10.2. The third-order valence-corrected chi connectivity index (χ3v) is 6.33. The van der Waals surface area contributed by atoms with E-state index in [0.29, 0.717) is 36.2 Å². The number of hydrogen-bond donors (Lipinski definition) is 1. The summed E-state index contributed by atoms with van der Waals surface area (Å²) in [5.74, 6) is 0.0463. The monoisotopic (exact) mass is 380 g/mol. The summed E-state index contributed by atoms with van der Waals surface area (Å²) in [6.07, 6.45) is -0.154. The average Bonchev–Trinajstić information content (AvgIpc) is 2.47. The third kappa shape index (κ3) is 5.31. The minimum atomic E-state index is -3.29. The van der Waals surface area contributed by atoms with Crippen LogP contribution in [0.2, 0.25) is 10.0 Å². The number of benzene rings is 1. The van der Waals surface area contributed by atoms with Crippen molar-refractivity contribution < 1.29 is 13.2 Å². The van der Waals surface area contributed by atoms with Gasteiger partial charge in [0.15, 0.2) is 0 Å². The lowest BCUT2D eigenvalue weighted by Gasteiger charge is -2.34. The van der Waals surface area contributed by atoms with Gasteiger partial charge in [-0.25, -0.2) is 8.42 Å². The van der Waals surface area contributed by atoms with Crippen LogP contribution in [0, 0.1) is 0 Å². The minimum absolute atomic E-state index is 0.0463. The molecule has 0 bridgehead atoms. The van der Waals surface area contributed by atoms with Crippen molar-refractivity contribution >= 4 is 33.2 Å². The van der Waals surface area contributed by atoms with Gasteiger partial charge in [0, 0.05) is 26.2 Å². The molecule has 1 aliphatic heterocycles. The van der Waals surface area contributed by atoms with Crippen molar-refractivity contribution in [3.63, 3.8) is 0 Å². The van der Waals surface area contributed by atoms with Crippen LogP contribution in [-0.4, -0.2) is 50.3 Å². The average molecular weight is 381 g/mol. The van der Waals surface area contributed by atoms with Gasteiger partial charge >= 0.3 is 0 Å². The Kier molecular flexibility index (Phi) is 6.71. The summed E-state index contributed by atoms with van der Waals surface area (Å²) in [6, 6.07) is 5.40. The Morgan fingerprint density at radius 3 is 2.57 bits per heavy atom. The standard InChI is InChI=1S/C15H22Cl2N2O3S/c1-11-9-19(10-12(2)22-11)23(20,21)7-6-18-8-13-4-3-5-14(16)15(13)17/h3-5,11-12,18H,6-10H2,1-2H3/t11-,12+. The predicted molar refractivity (Wildman–Crippen MR) is 93.5 cm³/mol. The zero-order valence-electron chi connectivity index (χ0n) is 13.3. The van der Waals surface area contributed by atoms with E-state index in [1.807, 2.05) is 26.0 Å². The Hall–Kier alpha value is -0.370. The second-order valence-corrected chi connectivity index (χ2v) is 8.65. The van der Waals surface area contributed by atoms with Gasteiger partial charge in [-0.15, -0.1) is 0 Å². The van der Waals surface area contributed by atoms with Crippen LogP contribution in [0.5, 0.6) is 0 Å². The van der Waals surface area contributed by atoms with Gasteiger partial charge in [0.1, 0.15) is 0 Å². The number of hydrogen-bond acceptors (Lipinski definition) is 4. The van der Waals surface area contributed by atoms with E-state index in [-0.39, 0.29) is 18.0 Å². The van der Waals surface area contributed by atoms with Crippen LogP contribution in [0.1, 0.15) is 19.4 Å². The molecule has 2 atom stereocenters. The van der Waals surface area contributed by atoms with Crippen LogP contribution in [0.15, 0.2) is 18.2 Å². The molecule has 0 radical (unpaired) electrons. The molecule has 0 spiro atoms. The van der Waals surface area contributed by atoms with E-state index in [1.165, 1.54) is 4.31 Å². The van der Waals surface area contributed by atoms with Crippen molar-refractivity contribution in [1.29, 1.82) is 0 Å². The van der Waals surface area contributed by atoms with Gasteiger partial charge in [-0.05, 0) is 25.5 Å². The molecule has 5 nitrogen and oxygen atoms in total. The normalized spacial score (nSPS) is 23.1. The van der Waals surface area contributed by atoms with Gasteiger partial charge in [0.2, 0.25) is 10.0 Å². The molecule has 23 heavy (non-hydrogen) atoms. The van der Waals surface area contributed by atoms with Crippen LogP contribution in [0.25, 0.3) is 0 Å². The smallest absolute Gasteiger partial charge is 0.215 e. The van der Waals surface area contributed by atoms with Crippen molar-refractivity contribution in [3.8, 4) is 0 Å². The number of morpholine rings is 1. The van der Waals surface area contributed by atoms with Gasteiger partial charge in [-0.3, -0.25) is 0 Å². The Bertz CT molecular complexity index is 630. The molecule has 0 unspecified atom stereocenters. The van der Waals surface area contributed by atoms with Crippen molar-refractivity contribution in [2.75, 3.05) is 25.4 Å². The maximum atomic E-state index is 12.4. The maximum absolute atomic E-state index is 12.4. The molecule has 0 aromatic heterocycles.